The van der Waals surface area contributed by atoms with Crippen LogP contribution in [0.15, 0.2) is 48.5 Å². The Morgan fingerprint density at radius 2 is 1.95 bits per heavy atom. The number of para-hydroxylation sites is 1. The quantitative estimate of drug-likeness (QED) is 0.607. The maximum Gasteiger partial charge on any atom is 0.119 e. The van der Waals surface area contributed by atoms with Gasteiger partial charge in [0.25, 0.3) is 0 Å². The molecule has 3 nitrogen and oxygen atoms in total. The van der Waals surface area contributed by atoms with Crippen molar-refractivity contribution in [3.8, 4) is 5.75 Å². The first kappa shape index (κ1) is 15.3. The van der Waals surface area contributed by atoms with Crippen LogP contribution in [0.2, 0.25) is 0 Å². The largest absolute Gasteiger partial charge is 0.494 e. The number of hydrogen-bond donors (Lipinski definition) is 2. The summed E-state index contributed by atoms with van der Waals surface area (Å²) >= 11 is 5.07. The Morgan fingerprint density at radius 3 is 2.67 bits per heavy atom. The highest BCUT2D eigenvalue weighted by Crippen LogP contribution is 2.17. The van der Waals surface area contributed by atoms with Crippen LogP contribution >= 0.6 is 12.2 Å². The smallest absolute Gasteiger partial charge is 0.119 e. The lowest BCUT2D eigenvalue weighted by Crippen LogP contribution is -2.15. The van der Waals surface area contributed by atoms with Crippen LogP contribution in [0.3, 0.4) is 0 Å². The van der Waals surface area contributed by atoms with Gasteiger partial charge in [-0.3, -0.25) is 0 Å². The van der Waals surface area contributed by atoms with Gasteiger partial charge in [0, 0.05) is 17.8 Å². The molecule has 110 valence electrons. The molecule has 0 atom stereocenters. The van der Waals surface area contributed by atoms with Gasteiger partial charge in [-0.15, -0.1) is 0 Å². The van der Waals surface area contributed by atoms with Gasteiger partial charge in [-0.05, 0) is 43.2 Å². The van der Waals surface area contributed by atoms with Gasteiger partial charge in [-0.1, -0.05) is 36.5 Å². The van der Waals surface area contributed by atoms with Crippen LogP contribution in [0.4, 0.5) is 5.69 Å². The fourth-order valence-electron chi connectivity index (χ4n) is 2.02. The van der Waals surface area contributed by atoms with Crippen LogP contribution in [0.25, 0.3) is 0 Å². The maximum absolute atomic E-state index is 5.74. The van der Waals surface area contributed by atoms with Crippen LogP contribution in [-0.4, -0.2) is 18.1 Å². The van der Waals surface area contributed by atoms with E-state index in [2.05, 4.69) is 11.4 Å². The SMILES string of the molecule is Cc1ccc(C(N)=S)c(NCCCOc2ccccc2)c1. The van der Waals surface area contributed by atoms with E-state index in [1.807, 2.05) is 49.4 Å². The molecule has 0 saturated heterocycles. The van der Waals surface area contributed by atoms with E-state index in [4.69, 9.17) is 22.7 Å². The fourth-order valence-corrected chi connectivity index (χ4v) is 2.20. The number of ether oxygens (including phenoxy) is 1. The van der Waals surface area contributed by atoms with Crippen molar-refractivity contribution < 1.29 is 4.74 Å². The Bertz CT molecular complexity index is 599. The van der Waals surface area contributed by atoms with E-state index in [1.165, 1.54) is 5.56 Å². The van der Waals surface area contributed by atoms with E-state index in [9.17, 15) is 0 Å². The summed E-state index contributed by atoms with van der Waals surface area (Å²) in [6.45, 7) is 3.53. The molecule has 0 spiro atoms. The molecule has 3 N–H and O–H groups in total. The first-order valence-corrected chi connectivity index (χ1v) is 7.40. The standard InChI is InChI=1S/C17H20N2OS/c1-13-8-9-15(17(18)21)16(12-13)19-10-5-11-20-14-6-3-2-4-7-14/h2-4,6-9,12,19H,5,10-11H2,1H3,(H2,18,21). The topological polar surface area (TPSA) is 47.3 Å². The molecule has 0 radical (unpaired) electrons. The molecule has 0 unspecified atom stereocenters. The molecular weight excluding hydrogens is 280 g/mol. The second-order valence-corrected chi connectivity index (χ2v) is 5.29. The van der Waals surface area contributed by atoms with Crippen LogP contribution in [0.5, 0.6) is 5.75 Å². The zero-order chi connectivity index (χ0) is 15.1. The molecule has 0 aromatic heterocycles. The Labute approximate surface area is 131 Å². The van der Waals surface area contributed by atoms with Crippen molar-refractivity contribution in [3.63, 3.8) is 0 Å². The first-order valence-electron chi connectivity index (χ1n) is 6.99. The molecule has 0 aliphatic rings. The Hall–Kier alpha value is -2.07. The van der Waals surface area contributed by atoms with Crippen molar-refractivity contribution in [3.05, 3.63) is 59.7 Å². The zero-order valence-electron chi connectivity index (χ0n) is 12.1. The molecule has 0 aliphatic carbocycles. The Morgan fingerprint density at radius 1 is 1.19 bits per heavy atom. The van der Waals surface area contributed by atoms with Crippen molar-refractivity contribution in [2.75, 3.05) is 18.5 Å². The summed E-state index contributed by atoms with van der Waals surface area (Å²) in [5, 5.41) is 3.37. The maximum atomic E-state index is 5.74. The summed E-state index contributed by atoms with van der Waals surface area (Å²) in [6.07, 6.45) is 0.902. The van der Waals surface area contributed by atoms with Crippen LogP contribution < -0.4 is 15.8 Å². The summed E-state index contributed by atoms with van der Waals surface area (Å²) in [4.78, 5) is 0.415. The minimum atomic E-state index is 0.415. The third-order valence-corrected chi connectivity index (χ3v) is 3.31. The van der Waals surface area contributed by atoms with Gasteiger partial charge in [0.1, 0.15) is 10.7 Å². The number of nitrogens with two attached hydrogens (primary N) is 1. The Kier molecular flexibility index (Phi) is 5.58. The minimum absolute atomic E-state index is 0.415. The number of rotatable bonds is 7. The van der Waals surface area contributed by atoms with Crippen molar-refractivity contribution in [2.45, 2.75) is 13.3 Å². The molecule has 0 aliphatic heterocycles. The average molecular weight is 300 g/mol. The molecule has 0 saturated carbocycles. The number of nitrogens with one attached hydrogen (secondary N) is 1. The summed E-state index contributed by atoms with van der Waals surface area (Å²) in [7, 11) is 0. The van der Waals surface area contributed by atoms with Gasteiger partial charge in [0.05, 0.1) is 6.61 Å². The predicted molar refractivity (Wildman–Crippen MR) is 92.1 cm³/mol. The van der Waals surface area contributed by atoms with Gasteiger partial charge in [0.15, 0.2) is 0 Å². The molecule has 0 amide bonds. The predicted octanol–water partition coefficient (Wildman–Crippen LogP) is 3.51. The van der Waals surface area contributed by atoms with Crippen molar-refractivity contribution >= 4 is 22.9 Å². The number of hydrogen-bond acceptors (Lipinski definition) is 3. The van der Waals surface area contributed by atoms with Crippen molar-refractivity contribution in [2.24, 2.45) is 5.73 Å². The highest BCUT2D eigenvalue weighted by atomic mass is 32.1. The lowest BCUT2D eigenvalue weighted by molar-refractivity contribution is 0.315. The first-order chi connectivity index (χ1) is 10.2. The number of benzene rings is 2. The summed E-state index contributed by atoms with van der Waals surface area (Å²) in [5.41, 5.74) is 8.79. The Balaban J connectivity index is 1.81. The average Bonchev–Trinajstić information content (AvgIpc) is 2.48. The summed E-state index contributed by atoms with van der Waals surface area (Å²) in [6, 6.07) is 15.9. The van der Waals surface area contributed by atoms with Gasteiger partial charge in [0.2, 0.25) is 0 Å². The van der Waals surface area contributed by atoms with Crippen molar-refractivity contribution in [1.29, 1.82) is 0 Å². The second kappa shape index (κ2) is 7.64. The normalized spacial score (nSPS) is 10.1. The van der Waals surface area contributed by atoms with Gasteiger partial charge < -0.3 is 15.8 Å². The molecule has 4 heteroatoms. The molecule has 0 bridgehead atoms. The lowest BCUT2D eigenvalue weighted by atomic mass is 10.1. The second-order valence-electron chi connectivity index (χ2n) is 4.86. The van der Waals surface area contributed by atoms with Gasteiger partial charge >= 0.3 is 0 Å². The molecule has 0 fully saturated rings. The molecule has 21 heavy (non-hydrogen) atoms. The lowest BCUT2D eigenvalue weighted by Gasteiger charge is -2.12. The van der Waals surface area contributed by atoms with Crippen molar-refractivity contribution in [1.82, 2.24) is 0 Å². The van der Waals surface area contributed by atoms with Gasteiger partial charge in [-0.2, -0.15) is 0 Å². The van der Waals surface area contributed by atoms with Gasteiger partial charge in [-0.25, -0.2) is 0 Å². The zero-order valence-corrected chi connectivity index (χ0v) is 13.0. The van der Waals surface area contributed by atoms with E-state index in [0.717, 1.165) is 30.0 Å². The molecular formula is C17H20N2OS. The minimum Gasteiger partial charge on any atom is -0.494 e. The third kappa shape index (κ3) is 4.76. The van der Waals surface area contributed by atoms with E-state index < -0.39 is 0 Å². The number of thiocarbonyl (C=S) groups is 1. The third-order valence-electron chi connectivity index (χ3n) is 3.09. The monoisotopic (exact) mass is 300 g/mol. The van der Waals surface area contributed by atoms with Crippen LogP contribution in [-0.2, 0) is 0 Å². The molecule has 2 rings (SSSR count). The molecule has 2 aromatic rings. The summed E-state index contributed by atoms with van der Waals surface area (Å²) in [5.74, 6) is 0.900. The number of aryl methyl sites for hydroxylation is 1. The van der Waals surface area contributed by atoms with E-state index in [1.54, 1.807) is 0 Å². The number of anilines is 1. The fraction of sp³-hybridized carbons (Fsp3) is 0.235. The summed E-state index contributed by atoms with van der Waals surface area (Å²) < 4.78 is 5.65. The van der Waals surface area contributed by atoms with E-state index in [0.29, 0.717) is 11.6 Å². The molecule has 2 aromatic carbocycles. The highest BCUT2D eigenvalue weighted by molar-refractivity contribution is 7.80. The highest BCUT2D eigenvalue weighted by Gasteiger charge is 2.04. The van der Waals surface area contributed by atoms with Crippen LogP contribution in [0, 0.1) is 6.92 Å². The van der Waals surface area contributed by atoms with E-state index >= 15 is 0 Å². The van der Waals surface area contributed by atoms with Crippen LogP contribution in [0.1, 0.15) is 17.5 Å². The molecule has 0 heterocycles. The van der Waals surface area contributed by atoms with E-state index in [-0.39, 0.29) is 0 Å².